The summed E-state index contributed by atoms with van der Waals surface area (Å²) in [7, 11) is 0. The molecule has 0 saturated carbocycles. The maximum Gasteiger partial charge on any atom is 0.325 e. The highest BCUT2D eigenvalue weighted by Gasteiger charge is 2.19. The third kappa shape index (κ3) is 2.85. The van der Waals surface area contributed by atoms with E-state index in [-0.39, 0.29) is 6.04 Å². The maximum atomic E-state index is 11.0. The lowest BCUT2D eigenvalue weighted by molar-refractivity contribution is -0.139. The predicted molar refractivity (Wildman–Crippen MR) is 55.1 cm³/mol. The zero-order valence-corrected chi connectivity index (χ0v) is 8.40. The second-order valence-corrected chi connectivity index (χ2v) is 3.50. The summed E-state index contributed by atoms with van der Waals surface area (Å²) in [6.07, 6.45) is 0. The van der Waals surface area contributed by atoms with E-state index in [0.717, 1.165) is 5.56 Å². The summed E-state index contributed by atoms with van der Waals surface area (Å²) in [5.41, 5.74) is 0.786. The molecule has 76 valence electrons. The summed E-state index contributed by atoms with van der Waals surface area (Å²) in [5.74, 6) is -0.843. The quantitative estimate of drug-likeness (QED) is 0.766. The minimum atomic E-state index is -0.843. The number of carbonyl (C=O) groups is 1. The molecule has 0 fully saturated rings. The minimum absolute atomic E-state index is 0.149. The van der Waals surface area contributed by atoms with Gasteiger partial charge in [0.1, 0.15) is 6.04 Å². The Morgan fingerprint density at radius 3 is 2.29 bits per heavy atom. The molecule has 3 nitrogen and oxygen atoms in total. The fraction of sp³-hybridized carbons (Fsp3) is 0.364. The van der Waals surface area contributed by atoms with Gasteiger partial charge in [0.05, 0.1) is 0 Å². The summed E-state index contributed by atoms with van der Waals surface area (Å²) in [6, 6.07) is 8.72. The number of carboxylic acid groups (broad SMARTS) is 1. The van der Waals surface area contributed by atoms with Crippen LogP contribution in [-0.4, -0.2) is 17.1 Å². The zero-order valence-electron chi connectivity index (χ0n) is 8.40. The first kappa shape index (κ1) is 10.7. The predicted octanol–water partition coefficient (Wildman–Crippen LogP) is 1.81. The Morgan fingerprint density at radius 2 is 1.86 bits per heavy atom. The van der Waals surface area contributed by atoms with Crippen LogP contribution < -0.4 is 5.32 Å². The standard InChI is InChI=1S/C11H15NO2/c1-8(2)12-10(11(13)14)9-6-4-3-5-7-9/h3-8,10,12H,1-2H3,(H,13,14). The van der Waals surface area contributed by atoms with Crippen molar-refractivity contribution >= 4 is 5.97 Å². The lowest BCUT2D eigenvalue weighted by Crippen LogP contribution is -2.33. The Labute approximate surface area is 83.8 Å². The number of hydrogen-bond donors (Lipinski definition) is 2. The van der Waals surface area contributed by atoms with Gasteiger partial charge in [-0.15, -0.1) is 0 Å². The fourth-order valence-corrected chi connectivity index (χ4v) is 1.29. The van der Waals surface area contributed by atoms with Crippen LogP contribution in [0.2, 0.25) is 0 Å². The van der Waals surface area contributed by atoms with Crippen molar-refractivity contribution in [2.75, 3.05) is 0 Å². The van der Waals surface area contributed by atoms with E-state index >= 15 is 0 Å². The molecule has 0 aliphatic rings. The van der Waals surface area contributed by atoms with Gasteiger partial charge in [-0.25, -0.2) is 0 Å². The highest BCUT2D eigenvalue weighted by atomic mass is 16.4. The van der Waals surface area contributed by atoms with Crippen LogP contribution >= 0.6 is 0 Å². The fourth-order valence-electron chi connectivity index (χ4n) is 1.29. The molecule has 0 saturated heterocycles. The van der Waals surface area contributed by atoms with Crippen molar-refractivity contribution in [2.24, 2.45) is 0 Å². The topological polar surface area (TPSA) is 49.3 Å². The van der Waals surface area contributed by atoms with Crippen molar-refractivity contribution in [2.45, 2.75) is 25.9 Å². The van der Waals surface area contributed by atoms with Gasteiger partial charge >= 0.3 is 5.97 Å². The number of aliphatic carboxylic acids is 1. The van der Waals surface area contributed by atoms with Gasteiger partial charge in [-0.1, -0.05) is 30.3 Å². The summed E-state index contributed by atoms with van der Waals surface area (Å²) in [5, 5.41) is 12.0. The molecule has 1 atom stereocenters. The third-order valence-corrected chi connectivity index (χ3v) is 1.88. The van der Waals surface area contributed by atoms with Crippen LogP contribution in [0, 0.1) is 0 Å². The van der Waals surface area contributed by atoms with Gasteiger partial charge in [-0.3, -0.25) is 10.1 Å². The number of hydrogen-bond acceptors (Lipinski definition) is 2. The molecule has 0 aromatic heterocycles. The normalized spacial score (nSPS) is 12.8. The van der Waals surface area contributed by atoms with Gasteiger partial charge < -0.3 is 5.11 Å². The lowest BCUT2D eigenvalue weighted by Gasteiger charge is -2.17. The molecule has 1 aromatic carbocycles. The molecule has 0 heterocycles. The molecule has 1 rings (SSSR count). The molecule has 3 heteroatoms. The zero-order chi connectivity index (χ0) is 10.6. The van der Waals surface area contributed by atoms with Crippen LogP contribution in [0.4, 0.5) is 0 Å². The van der Waals surface area contributed by atoms with E-state index in [0.29, 0.717) is 0 Å². The molecule has 0 amide bonds. The highest BCUT2D eigenvalue weighted by molar-refractivity contribution is 5.75. The van der Waals surface area contributed by atoms with Crippen LogP contribution in [0.3, 0.4) is 0 Å². The van der Waals surface area contributed by atoms with E-state index in [9.17, 15) is 4.79 Å². The van der Waals surface area contributed by atoms with Gasteiger partial charge in [0, 0.05) is 6.04 Å². The SMILES string of the molecule is CC(C)NC(C(=O)O)c1ccccc1. The number of nitrogens with one attached hydrogen (secondary N) is 1. The Morgan fingerprint density at radius 1 is 1.29 bits per heavy atom. The van der Waals surface area contributed by atoms with Gasteiger partial charge in [0.2, 0.25) is 0 Å². The summed E-state index contributed by atoms with van der Waals surface area (Å²) in [4.78, 5) is 11.0. The highest BCUT2D eigenvalue weighted by Crippen LogP contribution is 2.13. The van der Waals surface area contributed by atoms with E-state index in [4.69, 9.17) is 5.11 Å². The first-order chi connectivity index (χ1) is 6.61. The van der Waals surface area contributed by atoms with E-state index < -0.39 is 12.0 Å². The van der Waals surface area contributed by atoms with Crippen molar-refractivity contribution in [3.05, 3.63) is 35.9 Å². The first-order valence-electron chi connectivity index (χ1n) is 4.65. The molecule has 0 radical (unpaired) electrons. The molecule has 2 N–H and O–H groups in total. The van der Waals surface area contributed by atoms with Gasteiger partial charge in [0.25, 0.3) is 0 Å². The van der Waals surface area contributed by atoms with Gasteiger partial charge in [0.15, 0.2) is 0 Å². The molecular weight excluding hydrogens is 178 g/mol. The lowest BCUT2D eigenvalue weighted by atomic mass is 10.1. The largest absolute Gasteiger partial charge is 0.480 e. The molecule has 0 spiro atoms. The van der Waals surface area contributed by atoms with Crippen molar-refractivity contribution in [1.29, 1.82) is 0 Å². The Kier molecular flexibility index (Phi) is 3.65. The first-order valence-corrected chi connectivity index (χ1v) is 4.65. The smallest absolute Gasteiger partial charge is 0.325 e. The van der Waals surface area contributed by atoms with E-state index in [1.807, 2.05) is 44.2 Å². The molecule has 1 unspecified atom stereocenters. The summed E-state index contributed by atoms with van der Waals surface area (Å²) >= 11 is 0. The molecule has 0 bridgehead atoms. The van der Waals surface area contributed by atoms with Crippen LogP contribution in [-0.2, 0) is 4.79 Å². The second-order valence-electron chi connectivity index (χ2n) is 3.50. The van der Waals surface area contributed by atoms with E-state index in [1.54, 1.807) is 0 Å². The second kappa shape index (κ2) is 4.77. The summed E-state index contributed by atoms with van der Waals surface area (Å²) < 4.78 is 0. The van der Waals surface area contributed by atoms with E-state index in [2.05, 4.69) is 5.32 Å². The molecule has 0 aliphatic heterocycles. The maximum absolute atomic E-state index is 11.0. The molecule has 14 heavy (non-hydrogen) atoms. The van der Waals surface area contributed by atoms with Gasteiger partial charge in [-0.2, -0.15) is 0 Å². The molecule has 1 aromatic rings. The number of benzene rings is 1. The Hall–Kier alpha value is -1.35. The number of rotatable bonds is 4. The van der Waals surface area contributed by atoms with Crippen LogP contribution in [0.1, 0.15) is 25.5 Å². The monoisotopic (exact) mass is 193 g/mol. The average molecular weight is 193 g/mol. The molecule has 0 aliphatic carbocycles. The Balaban J connectivity index is 2.84. The van der Waals surface area contributed by atoms with E-state index in [1.165, 1.54) is 0 Å². The van der Waals surface area contributed by atoms with Crippen molar-refractivity contribution < 1.29 is 9.90 Å². The van der Waals surface area contributed by atoms with Crippen molar-refractivity contribution in [3.63, 3.8) is 0 Å². The van der Waals surface area contributed by atoms with Crippen LogP contribution in [0.5, 0.6) is 0 Å². The number of carboxylic acids is 1. The van der Waals surface area contributed by atoms with Crippen molar-refractivity contribution in [1.82, 2.24) is 5.32 Å². The summed E-state index contributed by atoms with van der Waals surface area (Å²) in [6.45, 7) is 3.86. The van der Waals surface area contributed by atoms with Crippen LogP contribution in [0.15, 0.2) is 30.3 Å². The molecular formula is C11H15NO2. The minimum Gasteiger partial charge on any atom is -0.480 e. The average Bonchev–Trinajstić information content (AvgIpc) is 2.15. The Bertz CT molecular complexity index is 295. The van der Waals surface area contributed by atoms with Crippen LogP contribution in [0.25, 0.3) is 0 Å². The third-order valence-electron chi connectivity index (χ3n) is 1.88. The van der Waals surface area contributed by atoms with Crippen molar-refractivity contribution in [3.8, 4) is 0 Å². The van der Waals surface area contributed by atoms with Gasteiger partial charge in [-0.05, 0) is 19.4 Å².